The van der Waals surface area contributed by atoms with E-state index in [0.29, 0.717) is 0 Å². The molecular formula is C16H21ClF2O3. The average Bonchev–Trinajstić information content (AvgIpc) is 2.44. The maximum absolute atomic E-state index is 13.9. The fraction of sp³-hybridized carbons (Fsp3) is 0.562. The Bertz CT molecular complexity index is 543. The number of aliphatic hydroxyl groups is 1. The van der Waals surface area contributed by atoms with Gasteiger partial charge in [0.15, 0.2) is 0 Å². The quantitative estimate of drug-likeness (QED) is 0.661. The van der Waals surface area contributed by atoms with E-state index in [2.05, 4.69) is 0 Å². The highest BCUT2D eigenvalue weighted by Gasteiger charge is 2.39. The molecule has 0 radical (unpaired) electrons. The lowest BCUT2D eigenvalue weighted by molar-refractivity contribution is -0.157. The largest absolute Gasteiger partial charge is 0.465 e. The third-order valence-corrected chi connectivity index (χ3v) is 3.90. The molecule has 3 nitrogen and oxygen atoms in total. The molecule has 0 aliphatic rings. The Morgan fingerprint density at radius 2 is 1.95 bits per heavy atom. The van der Waals surface area contributed by atoms with Crippen LogP contribution in [0, 0.1) is 23.0 Å². The van der Waals surface area contributed by atoms with Gasteiger partial charge < -0.3 is 9.84 Å². The maximum Gasteiger partial charge on any atom is 0.311 e. The molecule has 0 bridgehead atoms. The van der Waals surface area contributed by atoms with Crippen LogP contribution in [0.25, 0.3) is 0 Å². The number of rotatable bonds is 5. The summed E-state index contributed by atoms with van der Waals surface area (Å²) in [5, 5.41) is 10.7. The molecule has 0 saturated carbocycles. The predicted octanol–water partition coefficient (Wildman–Crippen LogP) is 3.62. The summed E-state index contributed by atoms with van der Waals surface area (Å²) in [6.45, 7) is 6.48. The fourth-order valence-electron chi connectivity index (χ4n) is 1.85. The Morgan fingerprint density at radius 3 is 2.45 bits per heavy atom. The van der Waals surface area contributed by atoms with E-state index in [0.717, 1.165) is 18.2 Å². The van der Waals surface area contributed by atoms with Crippen molar-refractivity contribution >= 4 is 17.6 Å². The number of benzene rings is 1. The zero-order valence-electron chi connectivity index (χ0n) is 13.1. The molecule has 0 aliphatic carbocycles. The molecule has 1 rings (SSSR count). The predicted molar refractivity (Wildman–Crippen MR) is 80.6 cm³/mol. The Morgan fingerprint density at radius 1 is 1.36 bits per heavy atom. The Balaban J connectivity index is 2.98. The van der Waals surface area contributed by atoms with Crippen LogP contribution in [0.15, 0.2) is 18.2 Å². The molecular weight excluding hydrogens is 314 g/mol. The van der Waals surface area contributed by atoms with Crippen molar-refractivity contribution in [3.63, 3.8) is 0 Å². The normalized spacial score (nSPS) is 16.0. The highest BCUT2D eigenvalue weighted by atomic mass is 35.5. The van der Waals surface area contributed by atoms with Crippen LogP contribution in [0.4, 0.5) is 8.78 Å². The minimum absolute atomic E-state index is 0.157. The second-order valence-electron chi connectivity index (χ2n) is 6.43. The number of hydrogen-bond donors (Lipinski definition) is 1. The van der Waals surface area contributed by atoms with Gasteiger partial charge in [0.2, 0.25) is 0 Å². The molecule has 22 heavy (non-hydrogen) atoms. The summed E-state index contributed by atoms with van der Waals surface area (Å²) < 4.78 is 32.4. The van der Waals surface area contributed by atoms with Gasteiger partial charge in [-0.3, -0.25) is 4.79 Å². The van der Waals surface area contributed by atoms with Crippen molar-refractivity contribution < 1.29 is 23.4 Å². The third-order valence-electron chi connectivity index (χ3n) is 3.49. The maximum atomic E-state index is 13.9. The van der Waals surface area contributed by atoms with E-state index in [-0.39, 0.29) is 18.1 Å². The SMILES string of the molecule is CC(COC(=O)C(C)(C)C)C(O)(CCl)c1cc(F)ccc1F. The molecule has 1 aromatic rings. The summed E-state index contributed by atoms with van der Waals surface area (Å²) in [6.07, 6.45) is 0. The van der Waals surface area contributed by atoms with Gasteiger partial charge in [-0.05, 0) is 39.0 Å². The lowest BCUT2D eigenvalue weighted by Gasteiger charge is -2.33. The van der Waals surface area contributed by atoms with Gasteiger partial charge in [-0.2, -0.15) is 0 Å². The van der Waals surface area contributed by atoms with Crippen LogP contribution in [0.3, 0.4) is 0 Å². The number of alkyl halides is 1. The second-order valence-corrected chi connectivity index (χ2v) is 6.70. The van der Waals surface area contributed by atoms with E-state index in [9.17, 15) is 18.7 Å². The van der Waals surface area contributed by atoms with Crippen molar-refractivity contribution in [2.75, 3.05) is 12.5 Å². The number of esters is 1. The zero-order valence-corrected chi connectivity index (χ0v) is 13.9. The van der Waals surface area contributed by atoms with Crippen LogP contribution >= 0.6 is 11.6 Å². The fourth-order valence-corrected chi connectivity index (χ4v) is 2.26. The van der Waals surface area contributed by atoms with E-state index in [1.54, 1.807) is 27.7 Å². The monoisotopic (exact) mass is 334 g/mol. The van der Waals surface area contributed by atoms with Crippen LogP contribution in [0.1, 0.15) is 33.3 Å². The van der Waals surface area contributed by atoms with Gasteiger partial charge in [-0.25, -0.2) is 8.78 Å². The topological polar surface area (TPSA) is 46.5 Å². The van der Waals surface area contributed by atoms with Crippen LogP contribution in [-0.4, -0.2) is 23.6 Å². The lowest BCUT2D eigenvalue weighted by Crippen LogP contribution is -2.40. The van der Waals surface area contributed by atoms with Gasteiger partial charge in [0.25, 0.3) is 0 Å². The van der Waals surface area contributed by atoms with E-state index in [1.807, 2.05) is 0 Å². The van der Waals surface area contributed by atoms with Gasteiger partial charge in [0.05, 0.1) is 17.9 Å². The highest BCUT2D eigenvalue weighted by Crippen LogP contribution is 2.34. The summed E-state index contributed by atoms with van der Waals surface area (Å²) in [4.78, 5) is 11.8. The second kappa shape index (κ2) is 6.92. The molecule has 0 aliphatic heterocycles. The first kappa shape index (κ1) is 18.8. The Hall–Kier alpha value is -1.20. The molecule has 1 aromatic carbocycles. The molecule has 2 atom stereocenters. The minimum Gasteiger partial charge on any atom is -0.465 e. The minimum atomic E-state index is -1.84. The van der Waals surface area contributed by atoms with Crippen LogP contribution in [-0.2, 0) is 15.1 Å². The average molecular weight is 335 g/mol. The van der Waals surface area contributed by atoms with Crippen molar-refractivity contribution in [1.29, 1.82) is 0 Å². The Kier molecular flexibility index (Phi) is 5.93. The van der Waals surface area contributed by atoms with Crippen LogP contribution < -0.4 is 0 Å². The molecule has 6 heteroatoms. The zero-order chi connectivity index (χ0) is 17.1. The molecule has 0 fully saturated rings. The molecule has 0 aromatic heterocycles. The highest BCUT2D eigenvalue weighted by molar-refractivity contribution is 6.18. The molecule has 2 unspecified atom stereocenters. The molecule has 124 valence electrons. The molecule has 1 N–H and O–H groups in total. The number of halogens is 3. The van der Waals surface area contributed by atoms with Crippen molar-refractivity contribution in [1.82, 2.24) is 0 Å². The van der Waals surface area contributed by atoms with Gasteiger partial charge in [-0.15, -0.1) is 11.6 Å². The molecule has 0 heterocycles. The Labute approximate surface area is 134 Å². The standard InChI is InChI=1S/C16H21ClF2O3/c1-10(8-22-14(20)15(2,3)4)16(21,9-17)12-7-11(18)5-6-13(12)19/h5-7,10,21H,8-9H2,1-4H3. The van der Waals surface area contributed by atoms with Gasteiger partial charge in [0.1, 0.15) is 17.2 Å². The first-order chi connectivity index (χ1) is 10.0. The molecule has 0 spiro atoms. The number of carbonyl (C=O) groups excluding carboxylic acids is 1. The first-order valence-corrected chi connectivity index (χ1v) is 7.47. The third kappa shape index (κ3) is 4.17. The van der Waals surface area contributed by atoms with E-state index in [1.165, 1.54) is 0 Å². The lowest BCUT2D eigenvalue weighted by atomic mass is 9.83. The van der Waals surface area contributed by atoms with Crippen molar-refractivity contribution in [2.24, 2.45) is 11.3 Å². The number of carbonyl (C=O) groups is 1. The smallest absolute Gasteiger partial charge is 0.311 e. The molecule has 0 amide bonds. The van der Waals surface area contributed by atoms with E-state index < -0.39 is 34.5 Å². The van der Waals surface area contributed by atoms with Crippen molar-refractivity contribution in [3.05, 3.63) is 35.4 Å². The van der Waals surface area contributed by atoms with Gasteiger partial charge >= 0.3 is 5.97 Å². The van der Waals surface area contributed by atoms with Crippen molar-refractivity contribution in [2.45, 2.75) is 33.3 Å². The molecule has 0 saturated heterocycles. The summed E-state index contributed by atoms with van der Waals surface area (Å²) >= 11 is 5.79. The number of hydrogen-bond acceptors (Lipinski definition) is 3. The van der Waals surface area contributed by atoms with E-state index in [4.69, 9.17) is 16.3 Å². The van der Waals surface area contributed by atoms with Crippen molar-refractivity contribution in [3.8, 4) is 0 Å². The summed E-state index contributed by atoms with van der Waals surface area (Å²) in [5.41, 5.74) is -2.78. The van der Waals surface area contributed by atoms with Gasteiger partial charge in [0, 0.05) is 11.5 Å². The van der Waals surface area contributed by atoms with Crippen LogP contribution in [0.5, 0.6) is 0 Å². The van der Waals surface area contributed by atoms with E-state index >= 15 is 0 Å². The summed E-state index contributed by atoms with van der Waals surface area (Å²) in [6, 6.07) is 2.79. The van der Waals surface area contributed by atoms with Crippen LogP contribution in [0.2, 0.25) is 0 Å². The first-order valence-electron chi connectivity index (χ1n) is 6.93. The number of ether oxygens (including phenoxy) is 1. The summed E-state index contributed by atoms with van der Waals surface area (Å²) in [7, 11) is 0. The van der Waals surface area contributed by atoms with Gasteiger partial charge in [-0.1, -0.05) is 6.92 Å². The summed E-state index contributed by atoms with van der Waals surface area (Å²) in [5.74, 6) is -2.97.